The summed E-state index contributed by atoms with van der Waals surface area (Å²) in [5, 5.41) is 18.2. The first kappa shape index (κ1) is 31.4. The number of nitrogens with zero attached hydrogens (tertiary/aromatic N) is 2. The van der Waals surface area contributed by atoms with Crippen LogP contribution in [-0.2, 0) is 26.4 Å². The van der Waals surface area contributed by atoms with Crippen molar-refractivity contribution < 1.29 is 28.5 Å². The third kappa shape index (κ3) is 8.33. The Morgan fingerprint density at radius 1 is 0.667 bits per heavy atom. The van der Waals surface area contributed by atoms with Crippen LogP contribution in [-0.4, -0.2) is 30.1 Å². The number of aromatic nitrogens is 4. The lowest BCUT2D eigenvalue weighted by Crippen LogP contribution is -1.96. The molecule has 0 spiro atoms. The summed E-state index contributed by atoms with van der Waals surface area (Å²) < 4.78 is 39.6. The molecule has 0 saturated heterocycles. The number of hydrogen-bond acceptors (Lipinski definition) is 6. The van der Waals surface area contributed by atoms with Crippen LogP contribution in [0.1, 0.15) is 22.5 Å². The number of aromatic amines is 2. The van der Waals surface area contributed by atoms with Crippen LogP contribution >= 0.6 is 11.6 Å². The van der Waals surface area contributed by atoms with Crippen LogP contribution in [0.5, 0.6) is 11.5 Å². The highest BCUT2D eigenvalue weighted by Gasteiger charge is 2.14. The van der Waals surface area contributed by atoms with Crippen molar-refractivity contribution in [2.75, 3.05) is 0 Å². The van der Waals surface area contributed by atoms with E-state index in [9.17, 15) is 8.78 Å². The molecule has 2 heterocycles. The molecule has 0 aliphatic rings. The summed E-state index contributed by atoms with van der Waals surface area (Å²) in [4.78, 5) is 13.7. The summed E-state index contributed by atoms with van der Waals surface area (Å²) in [7, 11) is 0. The van der Waals surface area contributed by atoms with E-state index in [-0.39, 0.29) is 29.8 Å². The van der Waals surface area contributed by atoms with E-state index in [4.69, 9.17) is 31.3 Å². The van der Waals surface area contributed by atoms with Gasteiger partial charge in [0.15, 0.2) is 5.15 Å². The molecule has 4 N–H and O–H groups in total. The summed E-state index contributed by atoms with van der Waals surface area (Å²) >= 11 is 5.85. The topological polar surface area (TPSA) is 116 Å². The van der Waals surface area contributed by atoms with Gasteiger partial charge in [-0.1, -0.05) is 72.3 Å². The maximum atomic E-state index is 14.3. The first-order chi connectivity index (χ1) is 21.9. The fourth-order valence-corrected chi connectivity index (χ4v) is 4.43. The standard InChI is InChI=1S/C17H14ClFN2O2.C17H15FN2O2/c18-16-15(9-22)20-17(21-16)13-7-6-12(8-14(13)19)23-10-11-4-2-1-3-5-11;18-16-8-14(22-11-12-4-2-1-3-5-12)6-7-15(16)17-19-9-13(10-21)20-17/h1-8,22H,9-10H2,(H,20,21);1-9,21H,10-11H2,(H,19,20). The largest absolute Gasteiger partial charge is 0.489 e. The van der Waals surface area contributed by atoms with E-state index in [0.717, 1.165) is 11.1 Å². The number of ether oxygens (including phenoxy) is 2. The van der Waals surface area contributed by atoms with Crippen LogP contribution in [0.25, 0.3) is 22.8 Å². The molecule has 0 aliphatic carbocycles. The van der Waals surface area contributed by atoms with Gasteiger partial charge in [0.2, 0.25) is 0 Å². The van der Waals surface area contributed by atoms with Gasteiger partial charge in [0.05, 0.1) is 41.9 Å². The lowest BCUT2D eigenvalue weighted by atomic mass is 10.2. The Hall–Kier alpha value is -5.03. The van der Waals surface area contributed by atoms with Gasteiger partial charge in [-0.15, -0.1) is 0 Å². The van der Waals surface area contributed by atoms with Gasteiger partial charge in [0, 0.05) is 12.1 Å². The smallest absolute Gasteiger partial charge is 0.153 e. The molecule has 2 aromatic heterocycles. The first-order valence-corrected chi connectivity index (χ1v) is 14.2. The normalized spacial score (nSPS) is 10.7. The number of rotatable bonds is 10. The van der Waals surface area contributed by atoms with Crippen molar-refractivity contribution in [2.45, 2.75) is 26.4 Å². The van der Waals surface area contributed by atoms with Crippen LogP contribution in [0.2, 0.25) is 5.15 Å². The molecule has 45 heavy (non-hydrogen) atoms. The Bertz CT molecular complexity index is 1830. The Balaban J connectivity index is 0.000000178. The quantitative estimate of drug-likeness (QED) is 0.127. The molecule has 230 valence electrons. The zero-order valence-electron chi connectivity index (χ0n) is 23.9. The zero-order chi connectivity index (χ0) is 31.6. The molecule has 0 bridgehead atoms. The van der Waals surface area contributed by atoms with Crippen molar-refractivity contribution in [3.8, 4) is 34.3 Å². The van der Waals surface area contributed by atoms with Gasteiger partial charge < -0.3 is 29.7 Å². The minimum absolute atomic E-state index is 0.131. The molecular formula is C34H29ClF2N4O4. The van der Waals surface area contributed by atoms with Gasteiger partial charge in [0.1, 0.15) is 48.0 Å². The van der Waals surface area contributed by atoms with E-state index in [0.29, 0.717) is 47.5 Å². The SMILES string of the molecule is OCc1[nH]c(-c2ccc(OCc3ccccc3)cc2F)nc1Cl.OCc1cnc(-c2ccc(OCc3ccccc3)cc2F)[nH]1. The maximum Gasteiger partial charge on any atom is 0.153 e. The van der Waals surface area contributed by atoms with Gasteiger partial charge in [0.25, 0.3) is 0 Å². The number of benzene rings is 4. The molecule has 0 atom stereocenters. The Kier molecular flexibility index (Phi) is 10.5. The second kappa shape index (κ2) is 15.1. The van der Waals surface area contributed by atoms with Crippen LogP contribution in [0, 0.1) is 11.6 Å². The second-order valence-electron chi connectivity index (χ2n) is 9.76. The first-order valence-electron chi connectivity index (χ1n) is 13.9. The summed E-state index contributed by atoms with van der Waals surface area (Å²) in [6, 6.07) is 28.5. The van der Waals surface area contributed by atoms with E-state index in [2.05, 4.69) is 19.9 Å². The van der Waals surface area contributed by atoms with Crippen molar-refractivity contribution >= 4 is 11.6 Å². The number of nitrogens with one attached hydrogen (secondary N) is 2. The fourth-order valence-electron chi connectivity index (χ4n) is 4.23. The van der Waals surface area contributed by atoms with E-state index >= 15 is 0 Å². The predicted molar refractivity (Wildman–Crippen MR) is 166 cm³/mol. The molecule has 6 aromatic rings. The van der Waals surface area contributed by atoms with Crippen LogP contribution in [0.4, 0.5) is 8.78 Å². The molecule has 0 saturated carbocycles. The van der Waals surface area contributed by atoms with Crippen molar-refractivity contribution in [3.05, 3.63) is 143 Å². The number of aliphatic hydroxyl groups is 2. The third-order valence-corrected chi connectivity index (χ3v) is 6.89. The van der Waals surface area contributed by atoms with Gasteiger partial charge in [-0.25, -0.2) is 18.7 Å². The van der Waals surface area contributed by atoms with Gasteiger partial charge in [-0.2, -0.15) is 0 Å². The summed E-state index contributed by atoms with van der Waals surface area (Å²) in [5.74, 6) is 0.631. The van der Waals surface area contributed by atoms with E-state index in [1.54, 1.807) is 24.3 Å². The van der Waals surface area contributed by atoms with Crippen molar-refractivity contribution in [1.82, 2.24) is 19.9 Å². The number of imidazole rings is 2. The highest BCUT2D eigenvalue weighted by Crippen LogP contribution is 2.28. The number of aliphatic hydroxyl groups excluding tert-OH is 2. The van der Waals surface area contributed by atoms with Crippen molar-refractivity contribution in [3.63, 3.8) is 0 Å². The van der Waals surface area contributed by atoms with Gasteiger partial charge in [-0.05, 0) is 35.4 Å². The van der Waals surface area contributed by atoms with Gasteiger partial charge in [-0.3, -0.25) is 0 Å². The van der Waals surface area contributed by atoms with E-state index in [1.165, 1.54) is 18.3 Å². The predicted octanol–water partition coefficient (Wildman–Crippen LogP) is 7.23. The van der Waals surface area contributed by atoms with Crippen molar-refractivity contribution in [2.24, 2.45) is 0 Å². The molecule has 0 radical (unpaired) electrons. The fraction of sp³-hybridized carbons (Fsp3) is 0.118. The molecule has 0 fully saturated rings. The average Bonchev–Trinajstić information content (AvgIpc) is 3.70. The molecule has 0 unspecified atom stereocenters. The Morgan fingerprint density at radius 3 is 1.64 bits per heavy atom. The highest BCUT2D eigenvalue weighted by molar-refractivity contribution is 6.30. The molecule has 0 amide bonds. The Labute approximate surface area is 262 Å². The minimum Gasteiger partial charge on any atom is -0.489 e. The van der Waals surface area contributed by atoms with Crippen LogP contribution in [0.15, 0.2) is 103 Å². The number of hydrogen-bond donors (Lipinski definition) is 4. The summed E-state index contributed by atoms with van der Waals surface area (Å²) in [6.07, 6.45) is 1.48. The zero-order valence-corrected chi connectivity index (χ0v) is 24.6. The molecule has 0 aliphatic heterocycles. The van der Waals surface area contributed by atoms with Crippen molar-refractivity contribution in [1.29, 1.82) is 0 Å². The summed E-state index contributed by atoms with van der Waals surface area (Å²) in [6.45, 7) is 0.300. The number of H-pyrrole nitrogens is 2. The molecule has 11 heteroatoms. The minimum atomic E-state index is -0.481. The van der Waals surface area contributed by atoms with Crippen LogP contribution in [0.3, 0.4) is 0 Å². The van der Waals surface area contributed by atoms with E-state index in [1.807, 2.05) is 60.7 Å². The molecule has 4 aromatic carbocycles. The highest BCUT2D eigenvalue weighted by atomic mass is 35.5. The second-order valence-corrected chi connectivity index (χ2v) is 10.1. The van der Waals surface area contributed by atoms with Crippen LogP contribution < -0.4 is 9.47 Å². The number of halogens is 3. The van der Waals surface area contributed by atoms with E-state index < -0.39 is 11.6 Å². The molecule has 6 rings (SSSR count). The summed E-state index contributed by atoms with van der Waals surface area (Å²) in [5.41, 5.74) is 3.52. The third-order valence-electron chi connectivity index (χ3n) is 6.57. The molecule has 8 nitrogen and oxygen atoms in total. The monoisotopic (exact) mass is 630 g/mol. The molecular weight excluding hydrogens is 602 g/mol. The average molecular weight is 631 g/mol. The lowest BCUT2D eigenvalue weighted by Gasteiger charge is -2.08. The lowest BCUT2D eigenvalue weighted by molar-refractivity contribution is 0.277. The maximum absolute atomic E-state index is 14.3. The van der Waals surface area contributed by atoms with Gasteiger partial charge >= 0.3 is 0 Å². The Morgan fingerprint density at radius 2 is 1.20 bits per heavy atom.